The van der Waals surface area contributed by atoms with Gasteiger partial charge in [-0.25, -0.2) is 9.97 Å². The average Bonchev–Trinajstić information content (AvgIpc) is 2.95. The zero-order chi connectivity index (χ0) is 16.2. The molecule has 0 unspecified atom stereocenters. The SMILES string of the molecule is Cc1cc(C)nc(NC(=O)Cc2cc(-c3ccccc3)on2)n1. The number of rotatable bonds is 4. The molecule has 3 rings (SSSR count). The Kier molecular flexibility index (Phi) is 4.14. The van der Waals surface area contributed by atoms with Gasteiger partial charge in [0, 0.05) is 23.0 Å². The predicted molar refractivity (Wildman–Crippen MR) is 85.8 cm³/mol. The van der Waals surface area contributed by atoms with Gasteiger partial charge in [0.15, 0.2) is 5.76 Å². The van der Waals surface area contributed by atoms with E-state index >= 15 is 0 Å². The van der Waals surface area contributed by atoms with Crippen molar-refractivity contribution in [3.8, 4) is 11.3 Å². The van der Waals surface area contributed by atoms with Gasteiger partial charge in [-0.2, -0.15) is 0 Å². The van der Waals surface area contributed by atoms with E-state index in [4.69, 9.17) is 4.52 Å². The molecular formula is C17H16N4O2. The van der Waals surface area contributed by atoms with Crippen molar-refractivity contribution in [2.75, 3.05) is 5.32 Å². The van der Waals surface area contributed by atoms with Crippen LogP contribution in [0.3, 0.4) is 0 Å². The molecule has 23 heavy (non-hydrogen) atoms. The Morgan fingerprint density at radius 1 is 1.09 bits per heavy atom. The van der Waals surface area contributed by atoms with Crippen molar-refractivity contribution in [2.24, 2.45) is 0 Å². The number of aromatic nitrogens is 3. The first-order chi connectivity index (χ1) is 11.1. The van der Waals surface area contributed by atoms with Gasteiger partial charge in [-0.05, 0) is 19.9 Å². The number of carbonyl (C=O) groups is 1. The molecular weight excluding hydrogens is 292 g/mol. The predicted octanol–water partition coefficient (Wildman–Crippen LogP) is 2.93. The van der Waals surface area contributed by atoms with Crippen LogP contribution >= 0.6 is 0 Å². The summed E-state index contributed by atoms with van der Waals surface area (Å²) in [6.07, 6.45) is 0.104. The van der Waals surface area contributed by atoms with Gasteiger partial charge in [-0.3, -0.25) is 10.1 Å². The molecule has 0 saturated carbocycles. The molecule has 3 aromatic rings. The van der Waals surface area contributed by atoms with E-state index in [0.29, 0.717) is 17.4 Å². The highest BCUT2D eigenvalue weighted by Gasteiger charge is 2.12. The highest BCUT2D eigenvalue weighted by molar-refractivity contribution is 5.90. The van der Waals surface area contributed by atoms with Gasteiger partial charge in [0.2, 0.25) is 11.9 Å². The first-order valence-electron chi connectivity index (χ1n) is 7.23. The largest absolute Gasteiger partial charge is 0.356 e. The normalized spacial score (nSPS) is 10.5. The Morgan fingerprint density at radius 3 is 2.48 bits per heavy atom. The Labute approximate surface area is 133 Å². The number of benzene rings is 1. The summed E-state index contributed by atoms with van der Waals surface area (Å²) in [7, 11) is 0. The van der Waals surface area contributed by atoms with Gasteiger partial charge in [0.25, 0.3) is 0 Å². The molecule has 0 bridgehead atoms. The molecule has 0 aliphatic heterocycles. The van der Waals surface area contributed by atoms with Gasteiger partial charge in [0.1, 0.15) is 0 Å². The van der Waals surface area contributed by atoms with Gasteiger partial charge < -0.3 is 4.52 Å². The molecule has 6 nitrogen and oxygen atoms in total. The van der Waals surface area contributed by atoms with Crippen LogP contribution in [0.2, 0.25) is 0 Å². The second-order valence-electron chi connectivity index (χ2n) is 5.25. The van der Waals surface area contributed by atoms with Crippen molar-refractivity contribution in [3.05, 3.63) is 59.5 Å². The third-order valence-corrected chi connectivity index (χ3v) is 3.19. The summed E-state index contributed by atoms with van der Waals surface area (Å²) in [6, 6.07) is 13.2. The van der Waals surface area contributed by atoms with Crippen LogP contribution in [0.4, 0.5) is 5.95 Å². The molecule has 1 amide bonds. The Balaban J connectivity index is 1.68. The number of nitrogens with one attached hydrogen (secondary N) is 1. The van der Waals surface area contributed by atoms with E-state index in [1.807, 2.05) is 50.2 Å². The van der Waals surface area contributed by atoms with E-state index in [9.17, 15) is 4.79 Å². The zero-order valence-electron chi connectivity index (χ0n) is 12.9. The Hall–Kier alpha value is -3.02. The smallest absolute Gasteiger partial charge is 0.232 e. The molecule has 1 aromatic carbocycles. The summed E-state index contributed by atoms with van der Waals surface area (Å²) in [4.78, 5) is 20.4. The van der Waals surface area contributed by atoms with Crippen molar-refractivity contribution in [1.29, 1.82) is 0 Å². The van der Waals surface area contributed by atoms with Crippen LogP contribution < -0.4 is 5.32 Å². The molecule has 116 valence electrons. The van der Waals surface area contributed by atoms with Crippen LogP contribution in [0, 0.1) is 13.8 Å². The summed E-state index contributed by atoms with van der Waals surface area (Å²) in [6.45, 7) is 3.71. The standard InChI is InChI=1S/C17H16N4O2/c1-11-8-12(2)19-17(18-11)20-16(22)10-14-9-15(23-21-14)13-6-4-3-5-7-13/h3-9H,10H2,1-2H3,(H,18,19,20,22). The first kappa shape index (κ1) is 14.9. The Morgan fingerprint density at radius 2 is 1.78 bits per heavy atom. The maximum Gasteiger partial charge on any atom is 0.232 e. The van der Waals surface area contributed by atoms with Crippen LogP contribution in [0.15, 0.2) is 47.0 Å². The summed E-state index contributed by atoms with van der Waals surface area (Å²) in [5.74, 6) is 0.707. The van der Waals surface area contributed by atoms with E-state index < -0.39 is 0 Å². The van der Waals surface area contributed by atoms with Gasteiger partial charge >= 0.3 is 0 Å². The second-order valence-corrected chi connectivity index (χ2v) is 5.25. The van der Waals surface area contributed by atoms with E-state index in [-0.39, 0.29) is 12.3 Å². The number of anilines is 1. The number of hydrogen-bond donors (Lipinski definition) is 1. The number of nitrogens with zero attached hydrogens (tertiary/aromatic N) is 3. The molecule has 2 aromatic heterocycles. The minimum atomic E-state index is -0.233. The quantitative estimate of drug-likeness (QED) is 0.801. The van der Waals surface area contributed by atoms with Gasteiger partial charge in [0.05, 0.1) is 12.1 Å². The minimum Gasteiger partial charge on any atom is -0.356 e. The lowest BCUT2D eigenvalue weighted by molar-refractivity contribution is -0.115. The monoisotopic (exact) mass is 308 g/mol. The molecule has 0 aliphatic carbocycles. The summed E-state index contributed by atoms with van der Waals surface area (Å²) in [5.41, 5.74) is 3.09. The average molecular weight is 308 g/mol. The van der Waals surface area contributed by atoms with Crippen LogP contribution in [-0.4, -0.2) is 21.0 Å². The fraction of sp³-hybridized carbons (Fsp3) is 0.176. The lowest BCUT2D eigenvalue weighted by Gasteiger charge is -2.04. The van der Waals surface area contributed by atoms with Crippen molar-refractivity contribution in [3.63, 3.8) is 0 Å². The minimum absolute atomic E-state index is 0.104. The van der Waals surface area contributed by atoms with Gasteiger partial charge in [-0.15, -0.1) is 0 Å². The van der Waals surface area contributed by atoms with Crippen LogP contribution in [0.1, 0.15) is 17.1 Å². The number of carbonyl (C=O) groups excluding carboxylic acids is 1. The fourth-order valence-electron chi connectivity index (χ4n) is 2.25. The second kappa shape index (κ2) is 6.39. The van der Waals surface area contributed by atoms with E-state index in [1.54, 1.807) is 6.07 Å². The molecule has 0 radical (unpaired) electrons. The number of amides is 1. The van der Waals surface area contributed by atoms with E-state index in [1.165, 1.54) is 0 Å². The van der Waals surface area contributed by atoms with Crippen LogP contribution in [0.5, 0.6) is 0 Å². The molecule has 1 N–H and O–H groups in total. The fourth-order valence-corrected chi connectivity index (χ4v) is 2.25. The summed E-state index contributed by atoms with van der Waals surface area (Å²) in [5, 5.41) is 6.61. The van der Waals surface area contributed by atoms with E-state index in [0.717, 1.165) is 17.0 Å². The van der Waals surface area contributed by atoms with Crippen molar-refractivity contribution < 1.29 is 9.32 Å². The summed E-state index contributed by atoms with van der Waals surface area (Å²) >= 11 is 0. The topological polar surface area (TPSA) is 80.9 Å². The van der Waals surface area contributed by atoms with Gasteiger partial charge in [-0.1, -0.05) is 35.5 Å². The molecule has 0 saturated heterocycles. The van der Waals surface area contributed by atoms with Crippen molar-refractivity contribution in [2.45, 2.75) is 20.3 Å². The molecule has 0 spiro atoms. The maximum absolute atomic E-state index is 12.1. The third-order valence-electron chi connectivity index (χ3n) is 3.19. The molecule has 2 heterocycles. The van der Waals surface area contributed by atoms with E-state index in [2.05, 4.69) is 20.4 Å². The lowest BCUT2D eigenvalue weighted by Crippen LogP contribution is -2.17. The number of hydrogen-bond acceptors (Lipinski definition) is 5. The molecule has 0 atom stereocenters. The highest BCUT2D eigenvalue weighted by atomic mass is 16.5. The van der Waals surface area contributed by atoms with Crippen LogP contribution in [0.25, 0.3) is 11.3 Å². The maximum atomic E-state index is 12.1. The lowest BCUT2D eigenvalue weighted by atomic mass is 10.1. The molecule has 6 heteroatoms. The van der Waals surface area contributed by atoms with Crippen LogP contribution in [-0.2, 0) is 11.2 Å². The first-order valence-corrected chi connectivity index (χ1v) is 7.23. The molecule has 0 aliphatic rings. The van der Waals surface area contributed by atoms with Crippen molar-refractivity contribution >= 4 is 11.9 Å². The number of aryl methyl sites for hydroxylation is 2. The Bertz CT molecular complexity index is 807. The highest BCUT2D eigenvalue weighted by Crippen LogP contribution is 2.20. The zero-order valence-corrected chi connectivity index (χ0v) is 12.9. The third kappa shape index (κ3) is 3.79. The summed E-state index contributed by atoms with van der Waals surface area (Å²) < 4.78 is 5.28. The molecule has 0 fully saturated rings. The van der Waals surface area contributed by atoms with Crippen molar-refractivity contribution in [1.82, 2.24) is 15.1 Å².